The van der Waals surface area contributed by atoms with Crippen LogP contribution in [0.5, 0.6) is 0 Å². The van der Waals surface area contributed by atoms with E-state index in [9.17, 15) is 0 Å². The van der Waals surface area contributed by atoms with Crippen LogP contribution in [0.3, 0.4) is 0 Å². The third-order valence-electron chi connectivity index (χ3n) is 4.18. The summed E-state index contributed by atoms with van der Waals surface area (Å²) in [6, 6.07) is 7.71. The third-order valence-corrected chi connectivity index (χ3v) is 4.18. The van der Waals surface area contributed by atoms with Crippen LogP contribution in [0.15, 0.2) is 18.2 Å². The van der Waals surface area contributed by atoms with E-state index in [1.165, 1.54) is 37.9 Å². The van der Waals surface area contributed by atoms with Crippen LogP contribution in [0.2, 0.25) is 0 Å². The van der Waals surface area contributed by atoms with Gasteiger partial charge < -0.3 is 5.32 Å². The zero-order valence-electron chi connectivity index (χ0n) is 10.7. The van der Waals surface area contributed by atoms with Crippen molar-refractivity contribution in [3.8, 4) is 0 Å². The summed E-state index contributed by atoms with van der Waals surface area (Å²) in [4.78, 5) is 2.67. The third kappa shape index (κ3) is 2.24. The van der Waals surface area contributed by atoms with E-state index < -0.39 is 0 Å². The molecule has 0 spiro atoms. The summed E-state index contributed by atoms with van der Waals surface area (Å²) in [7, 11) is 0. The Balaban J connectivity index is 1.89. The SMILES string of the molecule is Cc1ccc2c(c1)C(N1CCNCC1)CCC2. The summed E-state index contributed by atoms with van der Waals surface area (Å²) in [5, 5.41) is 3.45. The lowest BCUT2D eigenvalue weighted by molar-refractivity contribution is 0.158. The number of piperazine rings is 1. The van der Waals surface area contributed by atoms with Crippen LogP contribution in [-0.4, -0.2) is 31.1 Å². The fourth-order valence-corrected chi connectivity index (χ4v) is 3.27. The van der Waals surface area contributed by atoms with Crippen LogP contribution in [0.4, 0.5) is 0 Å². The molecule has 1 aliphatic heterocycles. The van der Waals surface area contributed by atoms with Gasteiger partial charge in [0.1, 0.15) is 0 Å². The molecule has 1 fully saturated rings. The molecule has 2 aliphatic rings. The van der Waals surface area contributed by atoms with Crippen molar-refractivity contribution in [2.75, 3.05) is 26.2 Å². The van der Waals surface area contributed by atoms with Gasteiger partial charge in [-0.3, -0.25) is 4.90 Å². The first kappa shape index (κ1) is 11.2. The standard InChI is InChI=1S/C15H22N2/c1-12-5-6-13-3-2-4-15(14(13)11-12)17-9-7-16-8-10-17/h5-6,11,15-16H,2-4,7-10H2,1H3. The highest BCUT2D eigenvalue weighted by Crippen LogP contribution is 2.34. The number of hydrogen-bond acceptors (Lipinski definition) is 2. The van der Waals surface area contributed by atoms with Gasteiger partial charge in [0.2, 0.25) is 0 Å². The molecule has 0 bridgehead atoms. The molecule has 1 aromatic carbocycles. The monoisotopic (exact) mass is 230 g/mol. The molecule has 1 heterocycles. The molecule has 0 aromatic heterocycles. The van der Waals surface area contributed by atoms with Crippen molar-refractivity contribution in [1.82, 2.24) is 10.2 Å². The van der Waals surface area contributed by atoms with Crippen molar-refractivity contribution in [2.24, 2.45) is 0 Å². The van der Waals surface area contributed by atoms with Crippen molar-refractivity contribution in [2.45, 2.75) is 32.2 Å². The van der Waals surface area contributed by atoms with Crippen molar-refractivity contribution in [1.29, 1.82) is 0 Å². The first-order chi connectivity index (χ1) is 8.34. The predicted molar refractivity (Wildman–Crippen MR) is 71.3 cm³/mol. The molecule has 0 saturated carbocycles. The van der Waals surface area contributed by atoms with Gasteiger partial charge in [-0.15, -0.1) is 0 Å². The van der Waals surface area contributed by atoms with E-state index >= 15 is 0 Å². The molecular formula is C15H22N2. The van der Waals surface area contributed by atoms with Crippen molar-refractivity contribution in [3.63, 3.8) is 0 Å². The van der Waals surface area contributed by atoms with Gasteiger partial charge in [-0.25, -0.2) is 0 Å². The smallest absolute Gasteiger partial charge is 0.0352 e. The Bertz CT molecular complexity index is 394. The van der Waals surface area contributed by atoms with Gasteiger partial charge in [0.25, 0.3) is 0 Å². The number of hydrogen-bond donors (Lipinski definition) is 1. The average molecular weight is 230 g/mol. The fourth-order valence-electron chi connectivity index (χ4n) is 3.27. The Labute approximate surface area is 104 Å². The van der Waals surface area contributed by atoms with Gasteiger partial charge in [0.05, 0.1) is 0 Å². The van der Waals surface area contributed by atoms with E-state index in [0.717, 1.165) is 13.1 Å². The molecule has 1 N–H and O–H groups in total. The number of nitrogens with zero attached hydrogens (tertiary/aromatic N) is 1. The molecule has 2 heteroatoms. The van der Waals surface area contributed by atoms with Crippen molar-refractivity contribution >= 4 is 0 Å². The van der Waals surface area contributed by atoms with E-state index in [1.807, 2.05) is 0 Å². The highest BCUT2D eigenvalue weighted by Gasteiger charge is 2.26. The molecule has 0 amide bonds. The van der Waals surface area contributed by atoms with Crippen LogP contribution < -0.4 is 5.32 Å². The lowest BCUT2D eigenvalue weighted by Crippen LogP contribution is -2.45. The van der Waals surface area contributed by atoms with Gasteiger partial charge in [0, 0.05) is 32.2 Å². The quantitative estimate of drug-likeness (QED) is 0.796. The van der Waals surface area contributed by atoms with Crippen LogP contribution >= 0.6 is 0 Å². The summed E-state index contributed by atoms with van der Waals surface area (Å²) < 4.78 is 0. The summed E-state index contributed by atoms with van der Waals surface area (Å²) >= 11 is 0. The zero-order valence-corrected chi connectivity index (χ0v) is 10.7. The molecule has 17 heavy (non-hydrogen) atoms. The number of nitrogens with one attached hydrogen (secondary N) is 1. The Kier molecular flexibility index (Phi) is 3.17. The minimum atomic E-state index is 0.681. The van der Waals surface area contributed by atoms with E-state index in [1.54, 1.807) is 11.1 Å². The topological polar surface area (TPSA) is 15.3 Å². The highest BCUT2D eigenvalue weighted by molar-refractivity contribution is 5.35. The Morgan fingerprint density at radius 3 is 2.88 bits per heavy atom. The fraction of sp³-hybridized carbons (Fsp3) is 0.600. The molecule has 1 aromatic rings. The molecule has 1 atom stereocenters. The maximum atomic E-state index is 3.45. The molecule has 0 radical (unpaired) electrons. The second-order valence-corrected chi connectivity index (χ2v) is 5.40. The second kappa shape index (κ2) is 4.79. The van der Waals surface area contributed by atoms with Crippen LogP contribution in [0, 0.1) is 6.92 Å². The van der Waals surface area contributed by atoms with Gasteiger partial charge >= 0.3 is 0 Å². The normalized spacial score (nSPS) is 25.6. The molecule has 1 unspecified atom stereocenters. The molecule has 1 saturated heterocycles. The van der Waals surface area contributed by atoms with Crippen LogP contribution in [-0.2, 0) is 6.42 Å². The maximum Gasteiger partial charge on any atom is 0.0352 e. The van der Waals surface area contributed by atoms with Gasteiger partial charge in [-0.2, -0.15) is 0 Å². The maximum absolute atomic E-state index is 3.45. The molecule has 1 aliphatic carbocycles. The number of aryl methyl sites for hydroxylation is 2. The van der Waals surface area contributed by atoms with Gasteiger partial charge in [0.15, 0.2) is 0 Å². The van der Waals surface area contributed by atoms with E-state index in [4.69, 9.17) is 0 Å². The first-order valence-corrected chi connectivity index (χ1v) is 6.89. The van der Waals surface area contributed by atoms with Gasteiger partial charge in [-0.1, -0.05) is 23.8 Å². The van der Waals surface area contributed by atoms with Gasteiger partial charge in [-0.05, 0) is 37.3 Å². The lowest BCUT2D eigenvalue weighted by atomic mass is 9.85. The average Bonchev–Trinajstić information content (AvgIpc) is 2.39. The predicted octanol–water partition coefficient (Wildman–Crippen LogP) is 2.28. The molecule has 2 nitrogen and oxygen atoms in total. The molecule has 92 valence electrons. The number of fused-ring (bicyclic) bond motifs is 1. The minimum absolute atomic E-state index is 0.681. The zero-order chi connectivity index (χ0) is 11.7. The van der Waals surface area contributed by atoms with E-state index in [-0.39, 0.29) is 0 Å². The Morgan fingerprint density at radius 1 is 1.24 bits per heavy atom. The summed E-state index contributed by atoms with van der Waals surface area (Å²) in [6.07, 6.45) is 3.97. The molecule has 3 rings (SSSR count). The lowest BCUT2D eigenvalue weighted by Gasteiger charge is -2.38. The Hall–Kier alpha value is -0.860. The summed E-state index contributed by atoms with van der Waals surface area (Å²) in [5.74, 6) is 0. The minimum Gasteiger partial charge on any atom is -0.314 e. The summed E-state index contributed by atoms with van der Waals surface area (Å²) in [6.45, 7) is 6.93. The van der Waals surface area contributed by atoms with E-state index in [0.29, 0.717) is 6.04 Å². The largest absolute Gasteiger partial charge is 0.314 e. The second-order valence-electron chi connectivity index (χ2n) is 5.40. The van der Waals surface area contributed by atoms with Crippen molar-refractivity contribution < 1.29 is 0 Å². The van der Waals surface area contributed by atoms with Crippen molar-refractivity contribution in [3.05, 3.63) is 34.9 Å². The van der Waals surface area contributed by atoms with Crippen LogP contribution in [0.1, 0.15) is 35.6 Å². The van der Waals surface area contributed by atoms with E-state index in [2.05, 4.69) is 35.3 Å². The number of rotatable bonds is 1. The van der Waals surface area contributed by atoms with Crippen LogP contribution in [0.25, 0.3) is 0 Å². The first-order valence-electron chi connectivity index (χ1n) is 6.89. The summed E-state index contributed by atoms with van der Waals surface area (Å²) in [5.41, 5.74) is 4.61. The molecular weight excluding hydrogens is 208 g/mol. The number of benzene rings is 1. The highest BCUT2D eigenvalue weighted by atomic mass is 15.2. The Morgan fingerprint density at radius 2 is 2.06 bits per heavy atom.